The molecule has 5 nitrogen and oxygen atoms in total. The van der Waals surface area contributed by atoms with Gasteiger partial charge in [-0.05, 0) is 50.2 Å². The summed E-state index contributed by atoms with van der Waals surface area (Å²) in [6, 6.07) is 7.91. The predicted octanol–water partition coefficient (Wildman–Crippen LogP) is 1.71. The third-order valence-electron chi connectivity index (χ3n) is 3.74. The maximum atomic E-state index is 12.1. The third-order valence-corrected chi connectivity index (χ3v) is 3.74. The van der Waals surface area contributed by atoms with E-state index in [4.69, 9.17) is 4.74 Å². The molecule has 2 rings (SSSR count). The molecule has 1 atom stereocenters. The molecule has 1 amide bonds. The van der Waals surface area contributed by atoms with Gasteiger partial charge in [-0.2, -0.15) is 0 Å². The first-order valence-corrected chi connectivity index (χ1v) is 7.61. The first-order valence-electron chi connectivity index (χ1n) is 7.61. The van der Waals surface area contributed by atoms with Crippen LogP contribution in [0.4, 0.5) is 5.69 Å². The second kappa shape index (κ2) is 8.00. The Morgan fingerprint density at radius 2 is 2.14 bits per heavy atom. The van der Waals surface area contributed by atoms with Gasteiger partial charge < -0.3 is 15.4 Å². The highest BCUT2D eigenvalue weighted by Crippen LogP contribution is 2.15. The minimum Gasteiger partial charge on any atom is -0.497 e. The summed E-state index contributed by atoms with van der Waals surface area (Å²) >= 11 is 0. The van der Waals surface area contributed by atoms with Crippen LogP contribution in [-0.4, -0.2) is 50.1 Å². The van der Waals surface area contributed by atoms with Gasteiger partial charge in [0.05, 0.1) is 13.7 Å². The molecule has 2 N–H and O–H groups in total. The third kappa shape index (κ3) is 5.02. The summed E-state index contributed by atoms with van der Waals surface area (Å²) in [6.45, 7) is 5.50. The fraction of sp³-hybridized carbons (Fsp3) is 0.562. The van der Waals surface area contributed by atoms with Gasteiger partial charge in [-0.25, -0.2) is 0 Å². The molecule has 0 saturated carbocycles. The van der Waals surface area contributed by atoms with E-state index >= 15 is 0 Å². The summed E-state index contributed by atoms with van der Waals surface area (Å²) < 4.78 is 5.10. The van der Waals surface area contributed by atoms with Gasteiger partial charge in [0, 0.05) is 18.3 Å². The largest absolute Gasteiger partial charge is 0.497 e. The molecule has 0 aliphatic carbocycles. The number of likely N-dealkylation sites (tertiary alicyclic amines) is 1. The van der Waals surface area contributed by atoms with Crippen molar-refractivity contribution in [2.75, 3.05) is 38.6 Å². The van der Waals surface area contributed by atoms with Crippen molar-refractivity contribution in [2.45, 2.75) is 25.8 Å². The topological polar surface area (TPSA) is 53.6 Å². The summed E-state index contributed by atoms with van der Waals surface area (Å²) in [6.07, 6.45) is 2.35. The maximum Gasteiger partial charge on any atom is 0.238 e. The van der Waals surface area contributed by atoms with E-state index in [1.165, 1.54) is 6.42 Å². The molecule has 0 radical (unpaired) electrons. The maximum absolute atomic E-state index is 12.1. The van der Waals surface area contributed by atoms with Crippen LogP contribution in [0.3, 0.4) is 0 Å². The zero-order valence-corrected chi connectivity index (χ0v) is 12.9. The Kier molecular flexibility index (Phi) is 6.02. The Labute approximate surface area is 126 Å². The quantitative estimate of drug-likeness (QED) is 0.838. The Hall–Kier alpha value is -1.59. The number of benzene rings is 1. The number of carbonyl (C=O) groups is 1. The van der Waals surface area contributed by atoms with Crippen LogP contribution < -0.4 is 15.4 Å². The van der Waals surface area contributed by atoms with Gasteiger partial charge >= 0.3 is 0 Å². The summed E-state index contributed by atoms with van der Waals surface area (Å²) in [7, 11) is 1.63. The Morgan fingerprint density at radius 3 is 2.81 bits per heavy atom. The van der Waals surface area contributed by atoms with Gasteiger partial charge in [0.15, 0.2) is 0 Å². The highest BCUT2D eigenvalue weighted by atomic mass is 16.5. The van der Waals surface area contributed by atoms with Crippen molar-refractivity contribution in [3.63, 3.8) is 0 Å². The molecule has 0 spiro atoms. The van der Waals surface area contributed by atoms with Crippen LogP contribution in [-0.2, 0) is 4.79 Å². The summed E-state index contributed by atoms with van der Waals surface area (Å²) in [5.74, 6) is 0.829. The number of anilines is 1. The van der Waals surface area contributed by atoms with Gasteiger partial charge in [-0.3, -0.25) is 9.69 Å². The molecule has 1 aromatic carbocycles. The average molecular weight is 291 g/mol. The normalized spacial score (nSPS) is 19.2. The fourth-order valence-corrected chi connectivity index (χ4v) is 2.73. The number of piperidine rings is 1. The SMILES string of the molecule is CCNC1CCCN(CC(=O)Nc2ccc(OC)cc2)C1. The summed E-state index contributed by atoms with van der Waals surface area (Å²) in [5, 5.41) is 6.39. The zero-order chi connectivity index (χ0) is 15.1. The van der Waals surface area contributed by atoms with Gasteiger partial charge in [0.1, 0.15) is 5.75 Å². The lowest BCUT2D eigenvalue weighted by molar-refractivity contribution is -0.117. The molecule has 21 heavy (non-hydrogen) atoms. The van der Waals surface area contributed by atoms with E-state index in [1.54, 1.807) is 7.11 Å². The van der Waals surface area contributed by atoms with Crippen molar-refractivity contribution in [2.24, 2.45) is 0 Å². The van der Waals surface area contributed by atoms with E-state index in [0.29, 0.717) is 12.6 Å². The number of methoxy groups -OCH3 is 1. The molecule has 1 fully saturated rings. The van der Waals surface area contributed by atoms with Crippen LogP contribution in [0.2, 0.25) is 0 Å². The van der Waals surface area contributed by atoms with Crippen molar-refractivity contribution in [1.29, 1.82) is 0 Å². The number of ether oxygens (including phenoxy) is 1. The van der Waals surface area contributed by atoms with Gasteiger partial charge in [-0.1, -0.05) is 6.92 Å². The second-order valence-electron chi connectivity index (χ2n) is 5.41. The summed E-state index contributed by atoms with van der Waals surface area (Å²) in [4.78, 5) is 14.3. The number of rotatable bonds is 6. The van der Waals surface area contributed by atoms with Crippen LogP contribution in [0.5, 0.6) is 5.75 Å². The first kappa shape index (κ1) is 15.8. The van der Waals surface area contributed by atoms with Crippen molar-refractivity contribution in [3.8, 4) is 5.75 Å². The number of hydrogen-bond donors (Lipinski definition) is 2. The van der Waals surface area contributed by atoms with Crippen LogP contribution >= 0.6 is 0 Å². The van der Waals surface area contributed by atoms with E-state index in [9.17, 15) is 4.79 Å². The highest BCUT2D eigenvalue weighted by molar-refractivity contribution is 5.92. The lowest BCUT2D eigenvalue weighted by atomic mass is 10.1. The van der Waals surface area contributed by atoms with Crippen molar-refractivity contribution < 1.29 is 9.53 Å². The number of hydrogen-bond acceptors (Lipinski definition) is 4. The Balaban J connectivity index is 1.80. The molecule has 0 aromatic heterocycles. The van der Waals surface area contributed by atoms with E-state index < -0.39 is 0 Å². The minimum atomic E-state index is 0.0392. The van der Waals surface area contributed by atoms with Crippen LogP contribution in [0.15, 0.2) is 24.3 Å². The fourth-order valence-electron chi connectivity index (χ4n) is 2.73. The number of nitrogens with one attached hydrogen (secondary N) is 2. The molecule has 116 valence electrons. The molecular weight excluding hydrogens is 266 g/mol. The molecular formula is C16H25N3O2. The lowest BCUT2D eigenvalue weighted by Crippen LogP contribution is -2.47. The number of likely N-dealkylation sites (N-methyl/N-ethyl adjacent to an activating group) is 1. The molecule has 5 heteroatoms. The molecule has 0 bridgehead atoms. The molecule has 1 aliphatic rings. The van der Waals surface area contributed by atoms with Gasteiger partial charge in [-0.15, -0.1) is 0 Å². The monoisotopic (exact) mass is 291 g/mol. The predicted molar refractivity (Wildman–Crippen MR) is 84.8 cm³/mol. The highest BCUT2D eigenvalue weighted by Gasteiger charge is 2.20. The molecule has 1 aromatic rings. The lowest BCUT2D eigenvalue weighted by Gasteiger charge is -2.32. The van der Waals surface area contributed by atoms with Crippen molar-refractivity contribution >= 4 is 11.6 Å². The van der Waals surface area contributed by atoms with Gasteiger partial charge in [0.2, 0.25) is 5.91 Å². The number of amides is 1. The van der Waals surface area contributed by atoms with Gasteiger partial charge in [0.25, 0.3) is 0 Å². The van der Waals surface area contributed by atoms with Crippen LogP contribution in [0.25, 0.3) is 0 Å². The van der Waals surface area contributed by atoms with Crippen molar-refractivity contribution in [1.82, 2.24) is 10.2 Å². The molecule has 1 unspecified atom stereocenters. The van der Waals surface area contributed by atoms with E-state index in [0.717, 1.165) is 37.5 Å². The first-order chi connectivity index (χ1) is 10.2. The number of nitrogens with zero attached hydrogens (tertiary/aromatic N) is 1. The summed E-state index contributed by atoms with van der Waals surface area (Å²) in [5.41, 5.74) is 0.807. The minimum absolute atomic E-state index is 0.0392. The smallest absolute Gasteiger partial charge is 0.238 e. The van der Waals surface area contributed by atoms with Crippen LogP contribution in [0.1, 0.15) is 19.8 Å². The standard InChI is InChI=1S/C16H25N3O2/c1-3-17-14-5-4-10-19(11-14)12-16(20)18-13-6-8-15(21-2)9-7-13/h6-9,14,17H,3-5,10-12H2,1-2H3,(H,18,20). The Morgan fingerprint density at radius 1 is 1.38 bits per heavy atom. The second-order valence-corrected chi connectivity index (χ2v) is 5.41. The van der Waals surface area contributed by atoms with E-state index in [2.05, 4.69) is 22.5 Å². The molecule has 1 saturated heterocycles. The van der Waals surface area contributed by atoms with Crippen molar-refractivity contribution in [3.05, 3.63) is 24.3 Å². The zero-order valence-electron chi connectivity index (χ0n) is 12.9. The number of carbonyl (C=O) groups excluding carboxylic acids is 1. The average Bonchev–Trinajstić information content (AvgIpc) is 2.48. The van der Waals surface area contributed by atoms with E-state index in [-0.39, 0.29) is 5.91 Å². The van der Waals surface area contributed by atoms with Crippen LogP contribution in [0, 0.1) is 0 Å². The molecule has 1 aliphatic heterocycles. The van der Waals surface area contributed by atoms with E-state index in [1.807, 2.05) is 24.3 Å². The Bertz CT molecular complexity index is 445. The molecule has 1 heterocycles.